The van der Waals surface area contributed by atoms with E-state index in [9.17, 15) is 26.4 Å². The highest BCUT2D eigenvalue weighted by molar-refractivity contribution is 8.00. The molecule has 3 fully saturated rings. The summed E-state index contributed by atoms with van der Waals surface area (Å²) in [6, 6.07) is -0.230. The van der Waals surface area contributed by atoms with Crippen molar-refractivity contribution in [1.82, 2.24) is 9.80 Å². The second-order valence-electron chi connectivity index (χ2n) is 11.4. The summed E-state index contributed by atoms with van der Waals surface area (Å²) in [5.41, 5.74) is -1.11. The van der Waals surface area contributed by atoms with Crippen LogP contribution in [0.15, 0.2) is 0 Å². The van der Waals surface area contributed by atoms with E-state index in [0.717, 1.165) is 31.2 Å². The molecule has 37 heavy (non-hydrogen) atoms. The first-order chi connectivity index (χ1) is 16.6. The van der Waals surface area contributed by atoms with Crippen LogP contribution in [-0.2, 0) is 38.1 Å². The van der Waals surface area contributed by atoms with E-state index in [1.807, 2.05) is 37.4 Å². The summed E-state index contributed by atoms with van der Waals surface area (Å²) >= 11 is 1.98. The molecule has 2 amide bonds. The van der Waals surface area contributed by atoms with Gasteiger partial charge in [0.05, 0.1) is 37.8 Å². The van der Waals surface area contributed by atoms with Crippen molar-refractivity contribution in [2.45, 2.75) is 89.0 Å². The van der Waals surface area contributed by atoms with Crippen LogP contribution >= 0.6 is 11.8 Å². The summed E-state index contributed by atoms with van der Waals surface area (Å²) in [5, 5.41) is 0.660. The Kier molecular flexibility index (Phi) is 10.2. The summed E-state index contributed by atoms with van der Waals surface area (Å²) in [6.45, 7) is 11.4. The number of fused-ring (bicyclic) bond motifs is 2. The number of hydrogen-bond acceptors (Lipinski definition) is 11. The van der Waals surface area contributed by atoms with Crippen LogP contribution in [0.1, 0.15) is 54.4 Å². The summed E-state index contributed by atoms with van der Waals surface area (Å²) in [5.74, 6) is 1.09. The summed E-state index contributed by atoms with van der Waals surface area (Å²) in [7, 11) is -7.38. The van der Waals surface area contributed by atoms with E-state index < -0.39 is 44.1 Å². The number of hydrogen-bond donors (Lipinski definition) is 0. The minimum atomic E-state index is -3.70. The molecule has 3 aliphatic rings. The Balaban J connectivity index is 0.000000291. The zero-order valence-corrected chi connectivity index (χ0v) is 25.2. The lowest BCUT2D eigenvalue weighted by Gasteiger charge is -2.29. The van der Waals surface area contributed by atoms with Gasteiger partial charge < -0.3 is 19.3 Å². The van der Waals surface area contributed by atoms with E-state index in [-0.39, 0.29) is 31.3 Å². The molecular formula is C22H40N2O10S3. The van der Waals surface area contributed by atoms with Crippen LogP contribution in [0.3, 0.4) is 0 Å². The molecule has 3 aliphatic heterocycles. The maximum absolute atomic E-state index is 12.2. The van der Waals surface area contributed by atoms with Gasteiger partial charge in [0.25, 0.3) is 20.2 Å². The van der Waals surface area contributed by atoms with E-state index in [1.54, 1.807) is 20.8 Å². The fraction of sp³-hybridized carbons (Fsp3) is 0.909. The average molecular weight is 589 g/mol. The summed E-state index contributed by atoms with van der Waals surface area (Å²) in [6.07, 6.45) is 1.50. The lowest BCUT2D eigenvalue weighted by molar-refractivity contribution is 0.0177. The average Bonchev–Trinajstić information content (AvgIpc) is 3.37. The Bertz CT molecular complexity index is 1030. The smallest absolute Gasteiger partial charge is 0.410 e. The van der Waals surface area contributed by atoms with Crippen LogP contribution in [0.2, 0.25) is 0 Å². The second-order valence-corrected chi connectivity index (χ2v) is 16.0. The number of amides is 2. The SMILES string of the molecule is CC(C)(C)OC(=O)N1C[C@@H]2C[C@H]1CS2.CC(C)(C)OC(=O)N1C[C@H](OS(C)(=O)=O)C[C@H]1COS(C)(=O)=O. The van der Waals surface area contributed by atoms with Gasteiger partial charge in [-0.05, 0) is 54.4 Å². The first-order valence-corrected chi connectivity index (χ1v) is 16.6. The molecule has 0 aromatic rings. The molecule has 0 aromatic carbocycles. The van der Waals surface area contributed by atoms with E-state index in [0.29, 0.717) is 11.3 Å². The van der Waals surface area contributed by atoms with E-state index in [1.165, 1.54) is 4.90 Å². The fourth-order valence-corrected chi connectivity index (χ4v) is 6.51. The topological polar surface area (TPSA) is 146 Å². The van der Waals surface area contributed by atoms with Gasteiger partial charge in [0.1, 0.15) is 11.2 Å². The summed E-state index contributed by atoms with van der Waals surface area (Å²) in [4.78, 5) is 27.1. The van der Waals surface area contributed by atoms with Gasteiger partial charge in [-0.1, -0.05) is 0 Å². The van der Waals surface area contributed by atoms with E-state index in [2.05, 4.69) is 0 Å². The van der Waals surface area contributed by atoms with Crippen molar-refractivity contribution in [1.29, 1.82) is 0 Å². The molecule has 0 aliphatic carbocycles. The van der Waals surface area contributed by atoms with Gasteiger partial charge in [0, 0.05) is 23.6 Å². The van der Waals surface area contributed by atoms with Gasteiger partial charge in [-0.3, -0.25) is 8.37 Å². The van der Waals surface area contributed by atoms with E-state index in [4.69, 9.17) is 17.8 Å². The molecule has 4 atom stereocenters. The van der Waals surface area contributed by atoms with Crippen molar-refractivity contribution in [2.75, 3.05) is 38.0 Å². The number of rotatable bonds is 5. The molecule has 15 heteroatoms. The predicted molar refractivity (Wildman–Crippen MR) is 139 cm³/mol. The van der Waals surface area contributed by atoms with Gasteiger partial charge in [-0.2, -0.15) is 28.6 Å². The van der Waals surface area contributed by atoms with Gasteiger partial charge in [-0.25, -0.2) is 9.59 Å². The maximum Gasteiger partial charge on any atom is 0.410 e. The monoisotopic (exact) mass is 588 g/mol. The molecule has 3 heterocycles. The number of carbonyl (C=O) groups is 2. The maximum atomic E-state index is 12.2. The number of thioether (sulfide) groups is 1. The lowest BCUT2D eigenvalue weighted by Crippen LogP contribution is -2.42. The Labute approximate surface area is 224 Å². The molecule has 0 saturated carbocycles. The number of ether oxygens (including phenoxy) is 2. The third-order valence-electron chi connectivity index (χ3n) is 5.32. The molecule has 0 N–H and O–H groups in total. The van der Waals surface area contributed by atoms with Gasteiger partial charge in [0.2, 0.25) is 0 Å². The largest absolute Gasteiger partial charge is 0.444 e. The first-order valence-electron chi connectivity index (χ1n) is 12.0. The zero-order chi connectivity index (χ0) is 28.4. The van der Waals surface area contributed by atoms with Crippen molar-refractivity contribution in [2.24, 2.45) is 0 Å². The minimum Gasteiger partial charge on any atom is -0.444 e. The number of carbonyl (C=O) groups excluding carboxylic acids is 2. The Morgan fingerprint density at radius 3 is 1.78 bits per heavy atom. The van der Waals surface area contributed by atoms with Gasteiger partial charge in [0.15, 0.2) is 0 Å². The Hall–Kier alpha value is -1.29. The highest BCUT2D eigenvalue weighted by Gasteiger charge is 2.43. The van der Waals surface area contributed by atoms with Crippen molar-refractivity contribution >= 4 is 44.2 Å². The molecular weight excluding hydrogens is 548 g/mol. The third-order valence-corrected chi connectivity index (χ3v) is 7.89. The molecule has 3 saturated heterocycles. The van der Waals surface area contributed by atoms with Crippen LogP contribution < -0.4 is 0 Å². The summed E-state index contributed by atoms with van der Waals surface area (Å²) < 4.78 is 64.9. The van der Waals surface area contributed by atoms with Crippen LogP contribution in [0, 0.1) is 0 Å². The normalized spacial score (nSPS) is 26.1. The fourth-order valence-electron chi connectivity index (χ4n) is 4.04. The van der Waals surface area contributed by atoms with Crippen LogP contribution in [-0.4, -0.2) is 111 Å². The van der Waals surface area contributed by atoms with Crippen molar-refractivity contribution in [3.05, 3.63) is 0 Å². The standard InChI is InChI=1S/C12H23NO8S2.C10H17NO2S/c1-12(2,3)20-11(14)13-7-10(21-23(5,17)18)6-9(13)8-19-22(4,15)16;1-10(2,3)13-9(12)11-5-8-4-7(11)6-14-8/h9-10H,6-8H2,1-5H3;7-8H,4-6H2,1-3H3/t9-,10+;7-,8-/m00/s1. The zero-order valence-electron chi connectivity index (χ0n) is 22.8. The molecule has 0 aromatic heterocycles. The van der Waals surface area contributed by atoms with Crippen LogP contribution in [0.5, 0.6) is 0 Å². The minimum absolute atomic E-state index is 0.0280. The Morgan fingerprint density at radius 2 is 1.38 bits per heavy atom. The quantitative estimate of drug-likeness (QED) is 0.436. The van der Waals surface area contributed by atoms with Crippen LogP contribution in [0.4, 0.5) is 9.59 Å². The molecule has 0 radical (unpaired) electrons. The van der Waals surface area contributed by atoms with Crippen LogP contribution in [0.25, 0.3) is 0 Å². The Morgan fingerprint density at radius 1 is 0.838 bits per heavy atom. The predicted octanol–water partition coefficient (Wildman–Crippen LogP) is 2.43. The number of likely N-dealkylation sites (tertiary alicyclic amines) is 2. The first kappa shape index (κ1) is 31.9. The lowest BCUT2D eigenvalue weighted by atomic mass is 10.2. The molecule has 3 rings (SSSR count). The highest BCUT2D eigenvalue weighted by Crippen LogP contribution is 2.38. The van der Waals surface area contributed by atoms with E-state index >= 15 is 0 Å². The van der Waals surface area contributed by atoms with Gasteiger partial charge >= 0.3 is 12.2 Å². The van der Waals surface area contributed by atoms with Gasteiger partial charge in [-0.15, -0.1) is 0 Å². The van der Waals surface area contributed by atoms with Crippen molar-refractivity contribution in [3.8, 4) is 0 Å². The molecule has 12 nitrogen and oxygen atoms in total. The molecule has 2 bridgehead atoms. The van der Waals surface area contributed by atoms with Crippen molar-refractivity contribution in [3.63, 3.8) is 0 Å². The number of nitrogens with zero attached hydrogens (tertiary/aromatic N) is 2. The van der Waals surface area contributed by atoms with Crippen molar-refractivity contribution < 1.29 is 44.3 Å². The molecule has 216 valence electrons. The molecule has 0 unspecified atom stereocenters. The third kappa shape index (κ3) is 11.5. The second kappa shape index (κ2) is 11.8. The molecule has 0 spiro atoms. The highest BCUT2D eigenvalue weighted by atomic mass is 32.2.